The van der Waals surface area contributed by atoms with Gasteiger partial charge in [-0.1, -0.05) is 19.1 Å². The quantitative estimate of drug-likeness (QED) is 0.640. The smallest absolute Gasteiger partial charge is 0.334 e. The highest BCUT2D eigenvalue weighted by atomic mass is 16.5. The van der Waals surface area contributed by atoms with E-state index in [-0.39, 0.29) is 35.4 Å². The van der Waals surface area contributed by atoms with E-state index >= 15 is 0 Å². The number of phenolic OH excluding ortho intramolecular Hbond substituents is 1. The van der Waals surface area contributed by atoms with Gasteiger partial charge < -0.3 is 14.9 Å². The number of hydrogen-bond donors (Lipinski definition) is 2. The number of ketones is 1. The second kappa shape index (κ2) is 6.23. The number of carbonyl (C=O) groups excluding carboxylic acids is 2. The molecular formula is C21H24O5. The van der Waals surface area contributed by atoms with Crippen molar-refractivity contribution in [3.8, 4) is 5.75 Å². The monoisotopic (exact) mass is 356 g/mol. The summed E-state index contributed by atoms with van der Waals surface area (Å²) in [6.45, 7) is 2.56. The number of phenols is 1. The number of aromatic hydroxyl groups is 1. The van der Waals surface area contributed by atoms with Crippen LogP contribution >= 0.6 is 0 Å². The number of Topliss-reactive ketones (excluding diaryl/α,β-unsaturated/α-hetero) is 1. The maximum absolute atomic E-state index is 12.9. The van der Waals surface area contributed by atoms with Gasteiger partial charge in [0.25, 0.3) is 0 Å². The summed E-state index contributed by atoms with van der Waals surface area (Å²) in [6, 6.07) is 3.89. The van der Waals surface area contributed by atoms with Crippen LogP contribution in [-0.2, 0) is 21.4 Å². The summed E-state index contributed by atoms with van der Waals surface area (Å²) in [5.41, 5.74) is 3.59. The first-order valence-corrected chi connectivity index (χ1v) is 9.35. The lowest BCUT2D eigenvalue weighted by Crippen LogP contribution is -2.43. The Morgan fingerprint density at radius 2 is 2.08 bits per heavy atom. The molecule has 0 bridgehead atoms. The van der Waals surface area contributed by atoms with Crippen LogP contribution in [0.1, 0.15) is 60.5 Å². The van der Waals surface area contributed by atoms with Crippen molar-refractivity contribution in [3.63, 3.8) is 0 Å². The van der Waals surface area contributed by atoms with Crippen LogP contribution < -0.4 is 0 Å². The van der Waals surface area contributed by atoms with Gasteiger partial charge in [-0.25, -0.2) is 4.79 Å². The number of ether oxygens (including phenoxy) is 1. The Morgan fingerprint density at radius 3 is 2.85 bits per heavy atom. The number of unbranched alkanes of at least 4 members (excludes halogenated alkanes) is 1. The second-order valence-corrected chi connectivity index (χ2v) is 7.85. The van der Waals surface area contributed by atoms with Crippen LogP contribution in [0.4, 0.5) is 0 Å². The van der Waals surface area contributed by atoms with Gasteiger partial charge in [0.2, 0.25) is 0 Å². The van der Waals surface area contributed by atoms with Crippen LogP contribution in [0.25, 0.3) is 0 Å². The highest BCUT2D eigenvalue weighted by molar-refractivity contribution is 6.03. The van der Waals surface area contributed by atoms with E-state index in [2.05, 4.69) is 6.92 Å². The molecule has 5 heteroatoms. The van der Waals surface area contributed by atoms with Crippen LogP contribution in [0, 0.1) is 5.92 Å². The molecule has 1 aromatic carbocycles. The number of aryl methyl sites for hydroxylation is 1. The Hall–Kier alpha value is -2.14. The third-order valence-corrected chi connectivity index (χ3v) is 6.48. The Kier molecular flexibility index (Phi) is 4.14. The number of aliphatic hydroxyl groups excluding tert-OH is 1. The van der Waals surface area contributed by atoms with E-state index in [1.807, 2.05) is 12.1 Å². The molecule has 0 spiro atoms. The first kappa shape index (κ1) is 17.3. The molecule has 2 N–H and O–H groups in total. The van der Waals surface area contributed by atoms with Crippen molar-refractivity contribution in [1.82, 2.24) is 0 Å². The van der Waals surface area contributed by atoms with Crippen LogP contribution in [-0.4, -0.2) is 35.2 Å². The van der Waals surface area contributed by atoms with E-state index in [0.717, 1.165) is 35.1 Å². The fraction of sp³-hybridized carbons (Fsp3) is 0.524. The predicted octanol–water partition coefficient (Wildman–Crippen LogP) is 2.81. The van der Waals surface area contributed by atoms with Crippen molar-refractivity contribution in [2.75, 3.05) is 13.2 Å². The number of fused-ring (bicyclic) bond motifs is 4. The van der Waals surface area contributed by atoms with Gasteiger partial charge in [0.05, 0.1) is 5.56 Å². The fourth-order valence-corrected chi connectivity index (χ4v) is 4.95. The van der Waals surface area contributed by atoms with E-state index in [4.69, 9.17) is 9.84 Å². The number of carbonyl (C=O) groups is 2. The van der Waals surface area contributed by atoms with Crippen molar-refractivity contribution in [2.24, 2.45) is 5.92 Å². The Morgan fingerprint density at radius 1 is 1.27 bits per heavy atom. The van der Waals surface area contributed by atoms with E-state index in [0.29, 0.717) is 37.9 Å². The van der Waals surface area contributed by atoms with Gasteiger partial charge in [-0.2, -0.15) is 0 Å². The fourth-order valence-electron chi connectivity index (χ4n) is 4.95. The minimum Gasteiger partial charge on any atom is -0.507 e. The molecule has 0 unspecified atom stereocenters. The summed E-state index contributed by atoms with van der Waals surface area (Å²) in [5, 5.41) is 19.7. The van der Waals surface area contributed by atoms with Crippen molar-refractivity contribution < 1.29 is 24.5 Å². The standard InChI is InChI=1S/C21H24O5/c1-21-8-7-13-14(11-26-20(13)25)16(21)10-17(23)18-15(21)6-5-12(19(18)24)4-2-3-9-22/h5-6,16,22,24H,2-4,7-11H2,1H3/t16-,21+/m0/s1. The first-order valence-electron chi connectivity index (χ1n) is 9.35. The first-order chi connectivity index (χ1) is 12.5. The maximum atomic E-state index is 12.9. The van der Waals surface area contributed by atoms with Gasteiger partial charge in [-0.15, -0.1) is 0 Å². The third kappa shape index (κ3) is 2.41. The molecule has 0 saturated carbocycles. The molecule has 0 radical (unpaired) electrons. The topological polar surface area (TPSA) is 83.8 Å². The number of aliphatic hydroxyl groups is 1. The van der Waals surface area contributed by atoms with E-state index in [9.17, 15) is 14.7 Å². The van der Waals surface area contributed by atoms with Gasteiger partial charge in [-0.3, -0.25) is 4.79 Å². The zero-order valence-electron chi connectivity index (χ0n) is 15.0. The highest BCUT2D eigenvalue weighted by Crippen LogP contribution is 2.54. The lowest BCUT2D eigenvalue weighted by Gasteiger charge is -2.46. The molecule has 1 aromatic rings. The van der Waals surface area contributed by atoms with Gasteiger partial charge in [0.15, 0.2) is 5.78 Å². The SMILES string of the molecule is C[C@]12CCC3=C(COC3=O)[C@@H]1CC(=O)c1c2ccc(CCCCO)c1O. The van der Waals surface area contributed by atoms with Gasteiger partial charge in [0, 0.05) is 29.9 Å². The second-order valence-electron chi connectivity index (χ2n) is 7.85. The molecule has 0 amide bonds. The summed E-state index contributed by atoms with van der Waals surface area (Å²) in [6.07, 6.45) is 3.84. The molecule has 138 valence electrons. The van der Waals surface area contributed by atoms with Crippen LogP contribution in [0.2, 0.25) is 0 Å². The minimum absolute atomic E-state index is 0.0302. The lowest BCUT2D eigenvalue weighted by atomic mass is 9.56. The summed E-state index contributed by atoms with van der Waals surface area (Å²) >= 11 is 0. The molecule has 2 atom stereocenters. The zero-order chi connectivity index (χ0) is 18.5. The van der Waals surface area contributed by atoms with Crippen molar-refractivity contribution >= 4 is 11.8 Å². The molecule has 26 heavy (non-hydrogen) atoms. The molecule has 0 aromatic heterocycles. The van der Waals surface area contributed by atoms with E-state index in [1.54, 1.807) is 0 Å². The summed E-state index contributed by atoms with van der Waals surface area (Å²) in [5.74, 6) is -0.222. The Bertz CT molecular complexity index is 822. The maximum Gasteiger partial charge on any atom is 0.334 e. The van der Waals surface area contributed by atoms with E-state index < -0.39 is 0 Å². The van der Waals surface area contributed by atoms with E-state index in [1.165, 1.54) is 0 Å². The van der Waals surface area contributed by atoms with Crippen molar-refractivity contribution in [3.05, 3.63) is 40.0 Å². The normalized spacial score (nSPS) is 27.1. The Labute approximate surface area is 152 Å². The van der Waals surface area contributed by atoms with Gasteiger partial charge in [-0.05, 0) is 48.8 Å². The van der Waals surface area contributed by atoms with Crippen LogP contribution in [0.3, 0.4) is 0 Å². The molecular weight excluding hydrogens is 332 g/mol. The molecule has 0 fully saturated rings. The number of hydrogen-bond acceptors (Lipinski definition) is 5. The van der Waals surface area contributed by atoms with Crippen LogP contribution in [0.15, 0.2) is 23.3 Å². The molecule has 1 heterocycles. The largest absolute Gasteiger partial charge is 0.507 e. The Balaban J connectivity index is 1.76. The molecule has 3 aliphatic rings. The summed E-state index contributed by atoms with van der Waals surface area (Å²) in [4.78, 5) is 24.8. The third-order valence-electron chi connectivity index (χ3n) is 6.48. The zero-order valence-corrected chi connectivity index (χ0v) is 15.0. The molecule has 5 nitrogen and oxygen atoms in total. The molecule has 4 rings (SSSR count). The highest BCUT2D eigenvalue weighted by Gasteiger charge is 2.51. The average molecular weight is 356 g/mol. The van der Waals surface area contributed by atoms with Gasteiger partial charge in [0.1, 0.15) is 12.4 Å². The number of benzene rings is 1. The lowest BCUT2D eigenvalue weighted by molar-refractivity contribution is -0.136. The van der Waals surface area contributed by atoms with Crippen molar-refractivity contribution in [2.45, 2.75) is 50.9 Å². The van der Waals surface area contributed by atoms with Crippen molar-refractivity contribution in [1.29, 1.82) is 0 Å². The number of cyclic esters (lactones) is 1. The minimum atomic E-state index is -0.267. The molecule has 2 aliphatic carbocycles. The van der Waals surface area contributed by atoms with Gasteiger partial charge >= 0.3 is 5.97 Å². The number of esters is 1. The summed E-state index contributed by atoms with van der Waals surface area (Å²) in [7, 11) is 0. The average Bonchev–Trinajstić information content (AvgIpc) is 2.99. The number of rotatable bonds is 4. The summed E-state index contributed by atoms with van der Waals surface area (Å²) < 4.78 is 5.22. The predicted molar refractivity (Wildman–Crippen MR) is 95.1 cm³/mol. The molecule has 0 saturated heterocycles. The molecule has 1 aliphatic heterocycles. The van der Waals surface area contributed by atoms with Crippen LogP contribution in [0.5, 0.6) is 5.75 Å².